The van der Waals surface area contributed by atoms with E-state index in [1.54, 1.807) is 6.07 Å². The van der Waals surface area contributed by atoms with Crippen molar-refractivity contribution < 1.29 is 14.3 Å². The average Bonchev–Trinajstić information content (AvgIpc) is 2.69. The second kappa shape index (κ2) is 10.9. The summed E-state index contributed by atoms with van der Waals surface area (Å²) in [4.78, 5) is 14.0. The first-order valence-electron chi connectivity index (χ1n) is 9.00. The molecule has 0 aromatic heterocycles. The van der Waals surface area contributed by atoms with Crippen molar-refractivity contribution in [3.05, 3.63) is 62.0 Å². The molecule has 0 bridgehead atoms. The van der Waals surface area contributed by atoms with E-state index in [1.807, 2.05) is 35.2 Å². The molecule has 0 unspecified atom stereocenters. The van der Waals surface area contributed by atoms with Crippen LogP contribution in [0.15, 0.2) is 46.0 Å². The maximum absolute atomic E-state index is 12.0. The van der Waals surface area contributed by atoms with Crippen LogP contribution in [0.5, 0.6) is 5.75 Å². The van der Waals surface area contributed by atoms with Crippen LogP contribution in [-0.2, 0) is 16.1 Å². The first kappa shape index (κ1) is 22.1. The number of hydrazone groups is 1. The third-order valence-corrected chi connectivity index (χ3v) is 5.46. The van der Waals surface area contributed by atoms with Crippen molar-refractivity contribution >= 4 is 51.3 Å². The van der Waals surface area contributed by atoms with Crippen LogP contribution in [0, 0.1) is 0 Å². The third kappa shape index (κ3) is 6.69. The Balaban J connectivity index is 1.56. The summed E-state index contributed by atoms with van der Waals surface area (Å²) in [6.45, 7) is 3.37. The zero-order valence-corrected chi connectivity index (χ0v) is 18.6. The fourth-order valence-corrected chi connectivity index (χ4v) is 3.91. The Kier molecular flexibility index (Phi) is 8.32. The number of hydrogen-bond donors (Lipinski definition) is 1. The minimum absolute atomic E-state index is 0.173. The van der Waals surface area contributed by atoms with E-state index in [9.17, 15) is 4.79 Å². The average molecular weight is 501 g/mol. The van der Waals surface area contributed by atoms with Crippen molar-refractivity contribution in [3.8, 4) is 5.75 Å². The summed E-state index contributed by atoms with van der Waals surface area (Å²) in [5, 5.41) is 5.06. The third-order valence-electron chi connectivity index (χ3n) is 4.22. The molecule has 2 aromatic carbocycles. The van der Waals surface area contributed by atoms with Gasteiger partial charge >= 0.3 is 0 Å². The van der Waals surface area contributed by atoms with Gasteiger partial charge in [0.15, 0.2) is 5.75 Å². The minimum atomic E-state index is -0.173. The fraction of sp³-hybridized carbons (Fsp3) is 0.300. The Labute approximate surface area is 187 Å². The molecule has 1 amide bonds. The van der Waals surface area contributed by atoms with E-state index in [-0.39, 0.29) is 5.91 Å². The molecule has 29 heavy (non-hydrogen) atoms. The molecule has 2 aromatic rings. The van der Waals surface area contributed by atoms with Gasteiger partial charge in [-0.05, 0) is 39.7 Å². The molecule has 0 spiro atoms. The number of nitrogens with zero attached hydrogens (tertiary/aromatic N) is 2. The monoisotopic (exact) mass is 499 g/mol. The van der Waals surface area contributed by atoms with Gasteiger partial charge in [-0.2, -0.15) is 5.10 Å². The summed E-state index contributed by atoms with van der Waals surface area (Å²) >= 11 is 16.0. The number of hydrogen-bond acceptors (Lipinski definition) is 5. The number of amides is 1. The van der Waals surface area contributed by atoms with E-state index in [1.165, 1.54) is 6.21 Å². The Morgan fingerprint density at radius 3 is 2.72 bits per heavy atom. The fourth-order valence-electron chi connectivity index (χ4n) is 2.73. The number of morpholine rings is 1. The van der Waals surface area contributed by atoms with Gasteiger partial charge in [-0.15, -0.1) is 0 Å². The molecular weight excluding hydrogens is 481 g/mol. The van der Waals surface area contributed by atoms with Crippen LogP contribution < -0.4 is 10.2 Å². The largest absolute Gasteiger partial charge is 0.486 e. The standard InChI is InChI=1S/C20H20BrCl2N3O3/c21-16-9-14(11-24-25-19(27)12-26-5-7-28-8-6-26)10-18(23)20(16)29-13-15-3-1-2-4-17(15)22/h1-4,9-11H,5-8,12-13H2,(H,25,27)/b24-11+. The maximum atomic E-state index is 12.0. The maximum Gasteiger partial charge on any atom is 0.254 e. The first-order valence-corrected chi connectivity index (χ1v) is 10.5. The number of ether oxygens (including phenoxy) is 2. The van der Waals surface area contributed by atoms with E-state index in [0.717, 1.165) is 24.2 Å². The normalized spacial score (nSPS) is 14.9. The van der Waals surface area contributed by atoms with Crippen LogP contribution in [0.4, 0.5) is 0 Å². The Morgan fingerprint density at radius 2 is 2.00 bits per heavy atom. The van der Waals surface area contributed by atoms with Crippen molar-refractivity contribution in [1.29, 1.82) is 0 Å². The molecule has 1 aliphatic heterocycles. The summed E-state index contributed by atoms with van der Waals surface area (Å²) in [6.07, 6.45) is 1.53. The number of nitrogens with one attached hydrogen (secondary N) is 1. The molecule has 0 saturated carbocycles. The topological polar surface area (TPSA) is 63.2 Å². The number of benzene rings is 2. The quantitative estimate of drug-likeness (QED) is 0.459. The lowest BCUT2D eigenvalue weighted by Gasteiger charge is -2.25. The van der Waals surface area contributed by atoms with Crippen LogP contribution >= 0.6 is 39.1 Å². The van der Waals surface area contributed by atoms with Gasteiger partial charge in [0.05, 0.1) is 35.5 Å². The van der Waals surface area contributed by atoms with E-state index < -0.39 is 0 Å². The van der Waals surface area contributed by atoms with Gasteiger partial charge in [0.2, 0.25) is 0 Å². The second-order valence-corrected chi connectivity index (χ2v) is 8.04. The molecule has 0 radical (unpaired) electrons. The second-order valence-electron chi connectivity index (χ2n) is 6.38. The zero-order chi connectivity index (χ0) is 20.6. The molecule has 1 aliphatic rings. The molecule has 1 N–H and O–H groups in total. The molecule has 3 rings (SSSR count). The number of carbonyl (C=O) groups excluding carboxylic acids is 1. The molecule has 0 aliphatic carbocycles. The lowest BCUT2D eigenvalue weighted by atomic mass is 10.2. The summed E-state index contributed by atoms with van der Waals surface area (Å²) in [6, 6.07) is 11.0. The number of halogens is 3. The molecule has 154 valence electrons. The highest BCUT2D eigenvalue weighted by atomic mass is 79.9. The summed E-state index contributed by atoms with van der Waals surface area (Å²) < 4.78 is 11.8. The summed E-state index contributed by atoms with van der Waals surface area (Å²) in [7, 11) is 0. The highest BCUT2D eigenvalue weighted by Gasteiger charge is 2.14. The summed E-state index contributed by atoms with van der Waals surface area (Å²) in [5.74, 6) is 0.341. The predicted molar refractivity (Wildman–Crippen MR) is 118 cm³/mol. The Morgan fingerprint density at radius 1 is 1.24 bits per heavy atom. The molecule has 0 atom stereocenters. The van der Waals surface area contributed by atoms with Gasteiger partial charge in [0, 0.05) is 23.7 Å². The van der Waals surface area contributed by atoms with Gasteiger partial charge in [-0.1, -0.05) is 41.4 Å². The van der Waals surface area contributed by atoms with Crippen LogP contribution in [0.3, 0.4) is 0 Å². The molecule has 1 saturated heterocycles. The zero-order valence-electron chi connectivity index (χ0n) is 15.5. The predicted octanol–water partition coefficient (Wildman–Crippen LogP) is 4.12. The number of carbonyl (C=O) groups is 1. The van der Waals surface area contributed by atoms with Crippen molar-refractivity contribution in [3.63, 3.8) is 0 Å². The van der Waals surface area contributed by atoms with Crippen LogP contribution in [0.2, 0.25) is 10.0 Å². The van der Waals surface area contributed by atoms with Crippen LogP contribution in [0.25, 0.3) is 0 Å². The lowest BCUT2D eigenvalue weighted by Crippen LogP contribution is -2.42. The Hall–Kier alpha value is -1.64. The van der Waals surface area contributed by atoms with Crippen molar-refractivity contribution in [1.82, 2.24) is 10.3 Å². The molecule has 9 heteroatoms. The molecular formula is C20H20BrCl2N3O3. The Bertz CT molecular complexity index is 866. The van der Waals surface area contributed by atoms with E-state index in [2.05, 4.69) is 26.5 Å². The van der Waals surface area contributed by atoms with E-state index in [4.69, 9.17) is 32.7 Å². The smallest absolute Gasteiger partial charge is 0.254 e. The molecule has 6 nitrogen and oxygen atoms in total. The van der Waals surface area contributed by atoms with Crippen molar-refractivity contribution in [2.45, 2.75) is 6.61 Å². The van der Waals surface area contributed by atoms with E-state index >= 15 is 0 Å². The van der Waals surface area contributed by atoms with Crippen molar-refractivity contribution in [2.24, 2.45) is 5.10 Å². The van der Waals surface area contributed by atoms with Gasteiger partial charge < -0.3 is 9.47 Å². The van der Waals surface area contributed by atoms with Gasteiger partial charge in [0.25, 0.3) is 5.91 Å². The van der Waals surface area contributed by atoms with Crippen LogP contribution in [0.1, 0.15) is 11.1 Å². The highest BCUT2D eigenvalue weighted by Crippen LogP contribution is 2.35. The highest BCUT2D eigenvalue weighted by molar-refractivity contribution is 9.10. The van der Waals surface area contributed by atoms with Crippen LogP contribution in [-0.4, -0.2) is 49.9 Å². The van der Waals surface area contributed by atoms with Gasteiger partial charge in [-0.3, -0.25) is 9.69 Å². The van der Waals surface area contributed by atoms with Crippen molar-refractivity contribution in [2.75, 3.05) is 32.8 Å². The minimum Gasteiger partial charge on any atom is -0.486 e. The molecule has 1 fully saturated rings. The number of rotatable bonds is 7. The van der Waals surface area contributed by atoms with Gasteiger partial charge in [0.1, 0.15) is 6.61 Å². The van der Waals surface area contributed by atoms with E-state index in [0.29, 0.717) is 46.6 Å². The molecule has 1 heterocycles. The lowest BCUT2D eigenvalue weighted by molar-refractivity contribution is -0.123. The summed E-state index contributed by atoms with van der Waals surface area (Å²) in [5.41, 5.74) is 4.12. The first-order chi connectivity index (χ1) is 14.0. The van der Waals surface area contributed by atoms with Gasteiger partial charge in [-0.25, -0.2) is 5.43 Å². The SMILES string of the molecule is O=C(CN1CCOCC1)N/N=C/c1cc(Cl)c(OCc2ccccc2Cl)c(Br)c1.